The Morgan fingerprint density at radius 2 is 1.91 bits per heavy atom. The third kappa shape index (κ3) is 8.60. The van der Waals surface area contributed by atoms with E-state index in [0.29, 0.717) is 6.04 Å². The molecule has 2 atom stereocenters. The fourth-order valence-electron chi connectivity index (χ4n) is 1.34. The number of unbranched alkanes of at least 4 members (excludes halogenated alkanes) is 1. The van der Waals surface area contributed by atoms with Crippen LogP contribution in [0.3, 0.4) is 0 Å². The van der Waals surface area contributed by atoms with Crippen LogP contribution < -0.4 is 5.73 Å². The molecule has 0 amide bonds. The summed E-state index contributed by atoms with van der Waals surface area (Å²) in [6.07, 6.45) is 5.27. The Bertz CT molecular complexity index is 83.6. The van der Waals surface area contributed by atoms with Crippen LogP contribution in [0, 0.1) is 5.92 Å². The lowest BCUT2D eigenvalue weighted by molar-refractivity contribution is 0.438. The third-order valence-corrected chi connectivity index (χ3v) is 2.62. The van der Waals surface area contributed by atoms with Gasteiger partial charge in [0.15, 0.2) is 0 Å². The van der Waals surface area contributed by atoms with Crippen LogP contribution in [0.5, 0.6) is 0 Å². The normalized spacial score (nSPS) is 16.4. The van der Waals surface area contributed by atoms with Crippen molar-refractivity contribution in [2.45, 2.75) is 45.6 Å². The Morgan fingerprint density at radius 1 is 1.27 bits per heavy atom. The molecule has 0 aromatic heterocycles. The SMILES string of the molecule is CC(N)CC(C)CCCCI. The molecule has 68 valence electrons. The van der Waals surface area contributed by atoms with Crippen LogP contribution in [-0.4, -0.2) is 10.5 Å². The number of hydrogen-bond donors (Lipinski definition) is 1. The Balaban J connectivity index is 3.15. The lowest BCUT2D eigenvalue weighted by Gasteiger charge is -2.12. The molecule has 2 heteroatoms. The first-order valence-corrected chi connectivity index (χ1v) is 6.01. The third-order valence-electron chi connectivity index (χ3n) is 1.85. The smallest absolute Gasteiger partial charge is 0.00130 e. The van der Waals surface area contributed by atoms with Gasteiger partial charge in [0, 0.05) is 6.04 Å². The standard InChI is InChI=1S/C9H20IN/c1-8(7-9(2)11)5-3-4-6-10/h8-9H,3-7,11H2,1-2H3. The first-order chi connectivity index (χ1) is 5.16. The van der Waals surface area contributed by atoms with Gasteiger partial charge in [-0.1, -0.05) is 42.4 Å². The summed E-state index contributed by atoms with van der Waals surface area (Å²) in [5.74, 6) is 0.818. The lowest BCUT2D eigenvalue weighted by Crippen LogP contribution is -2.18. The summed E-state index contributed by atoms with van der Waals surface area (Å²) in [5.41, 5.74) is 5.70. The summed E-state index contributed by atoms with van der Waals surface area (Å²) < 4.78 is 1.29. The Labute approximate surface area is 84.3 Å². The van der Waals surface area contributed by atoms with Crippen molar-refractivity contribution >= 4 is 22.6 Å². The maximum absolute atomic E-state index is 5.70. The lowest BCUT2D eigenvalue weighted by atomic mass is 9.97. The summed E-state index contributed by atoms with van der Waals surface area (Å²) in [5, 5.41) is 0. The van der Waals surface area contributed by atoms with Crippen LogP contribution in [0.4, 0.5) is 0 Å². The van der Waals surface area contributed by atoms with Crippen molar-refractivity contribution in [1.82, 2.24) is 0 Å². The van der Waals surface area contributed by atoms with E-state index in [1.807, 2.05) is 0 Å². The highest BCUT2D eigenvalue weighted by Crippen LogP contribution is 2.13. The van der Waals surface area contributed by atoms with Crippen molar-refractivity contribution < 1.29 is 0 Å². The topological polar surface area (TPSA) is 26.0 Å². The van der Waals surface area contributed by atoms with Crippen molar-refractivity contribution in [1.29, 1.82) is 0 Å². The van der Waals surface area contributed by atoms with Gasteiger partial charge in [-0.2, -0.15) is 0 Å². The zero-order valence-electron chi connectivity index (χ0n) is 7.65. The van der Waals surface area contributed by atoms with Gasteiger partial charge >= 0.3 is 0 Å². The van der Waals surface area contributed by atoms with Crippen LogP contribution in [0.15, 0.2) is 0 Å². The van der Waals surface area contributed by atoms with Gasteiger partial charge in [0.1, 0.15) is 0 Å². The Kier molecular flexibility index (Phi) is 7.81. The van der Waals surface area contributed by atoms with Gasteiger partial charge in [-0.15, -0.1) is 0 Å². The molecule has 0 aliphatic rings. The van der Waals surface area contributed by atoms with Crippen molar-refractivity contribution in [2.75, 3.05) is 4.43 Å². The first-order valence-electron chi connectivity index (χ1n) is 4.48. The van der Waals surface area contributed by atoms with Gasteiger partial charge in [0.05, 0.1) is 0 Å². The first kappa shape index (κ1) is 11.7. The zero-order chi connectivity index (χ0) is 8.69. The Hall–Kier alpha value is 0.690. The van der Waals surface area contributed by atoms with E-state index in [1.165, 1.54) is 30.1 Å². The molecule has 0 fully saturated rings. The molecule has 0 aromatic carbocycles. The number of rotatable bonds is 6. The minimum Gasteiger partial charge on any atom is -0.328 e. The average Bonchev–Trinajstić information content (AvgIpc) is 1.86. The van der Waals surface area contributed by atoms with Gasteiger partial charge in [-0.3, -0.25) is 0 Å². The predicted molar refractivity (Wildman–Crippen MR) is 60.2 cm³/mol. The molecule has 0 heterocycles. The molecule has 0 spiro atoms. The number of nitrogens with two attached hydrogens (primary N) is 1. The quantitative estimate of drug-likeness (QED) is 0.448. The highest BCUT2D eigenvalue weighted by atomic mass is 127. The number of alkyl halides is 1. The molecular formula is C9H20IN. The van der Waals surface area contributed by atoms with Gasteiger partial charge in [0.2, 0.25) is 0 Å². The van der Waals surface area contributed by atoms with Gasteiger partial charge in [-0.25, -0.2) is 0 Å². The van der Waals surface area contributed by atoms with Crippen LogP contribution in [0.1, 0.15) is 39.5 Å². The molecule has 0 aliphatic carbocycles. The second-order valence-corrected chi connectivity index (χ2v) is 4.58. The van der Waals surface area contributed by atoms with E-state index >= 15 is 0 Å². The molecule has 0 aliphatic heterocycles. The van der Waals surface area contributed by atoms with E-state index < -0.39 is 0 Å². The number of halogens is 1. The van der Waals surface area contributed by atoms with Gasteiger partial charge in [0.25, 0.3) is 0 Å². The van der Waals surface area contributed by atoms with Gasteiger partial charge < -0.3 is 5.73 Å². The van der Waals surface area contributed by atoms with E-state index in [-0.39, 0.29) is 0 Å². The second kappa shape index (κ2) is 7.35. The Morgan fingerprint density at radius 3 is 2.36 bits per heavy atom. The van der Waals surface area contributed by atoms with Crippen molar-refractivity contribution in [3.63, 3.8) is 0 Å². The maximum Gasteiger partial charge on any atom is 0.00130 e. The minimum absolute atomic E-state index is 0.379. The molecular weight excluding hydrogens is 249 g/mol. The van der Waals surface area contributed by atoms with Crippen LogP contribution in [-0.2, 0) is 0 Å². The second-order valence-electron chi connectivity index (χ2n) is 3.50. The summed E-state index contributed by atoms with van der Waals surface area (Å²) in [6.45, 7) is 4.39. The van der Waals surface area contributed by atoms with E-state index in [9.17, 15) is 0 Å². The van der Waals surface area contributed by atoms with Crippen molar-refractivity contribution in [2.24, 2.45) is 11.7 Å². The predicted octanol–water partition coefficient (Wildman–Crippen LogP) is 2.97. The van der Waals surface area contributed by atoms with Crippen LogP contribution >= 0.6 is 22.6 Å². The molecule has 2 unspecified atom stereocenters. The van der Waals surface area contributed by atoms with Crippen molar-refractivity contribution in [3.8, 4) is 0 Å². The highest BCUT2D eigenvalue weighted by molar-refractivity contribution is 14.1. The summed E-state index contributed by atoms with van der Waals surface area (Å²) in [4.78, 5) is 0. The summed E-state index contributed by atoms with van der Waals surface area (Å²) in [7, 11) is 0. The molecule has 1 nitrogen and oxygen atoms in total. The summed E-state index contributed by atoms with van der Waals surface area (Å²) >= 11 is 2.43. The van der Waals surface area contributed by atoms with Crippen LogP contribution in [0.2, 0.25) is 0 Å². The molecule has 0 radical (unpaired) electrons. The van der Waals surface area contributed by atoms with Crippen molar-refractivity contribution in [3.05, 3.63) is 0 Å². The largest absolute Gasteiger partial charge is 0.328 e. The fourth-order valence-corrected chi connectivity index (χ4v) is 1.88. The molecule has 0 saturated carbocycles. The summed E-state index contributed by atoms with van der Waals surface area (Å²) in [6, 6.07) is 0.379. The maximum atomic E-state index is 5.70. The molecule has 11 heavy (non-hydrogen) atoms. The molecule has 2 N–H and O–H groups in total. The van der Waals surface area contributed by atoms with E-state index in [0.717, 1.165) is 5.92 Å². The van der Waals surface area contributed by atoms with Gasteiger partial charge in [-0.05, 0) is 30.1 Å². The molecule has 0 rings (SSSR count). The average molecular weight is 269 g/mol. The van der Waals surface area contributed by atoms with E-state index in [1.54, 1.807) is 0 Å². The van der Waals surface area contributed by atoms with Crippen LogP contribution in [0.25, 0.3) is 0 Å². The van der Waals surface area contributed by atoms with E-state index in [2.05, 4.69) is 36.4 Å². The molecule has 0 aromatic rings. The zero-order valence-corrected chi connectivity index (χ0v) is 9.80. The fraction of sp³-hybridized carbons (Fsp3) is 1.00. The minimum atomic E-state index is 0.379. The molecule has 0 saturated heterocycles. The molecule has 0 bridgehead atoms. The van der Waals surface area contributed by atoms with E-state index in [4.69, 9.17) is 5.73 Å². The number of hydrogen-bond acceptors (Lipinski definition) is 1. The monoisotopic (exact) mass is 269 g/mol. The highest BCUT2D eigenvalue weighted by Gasteiger charge is 2.03.